The highest BCUT2D eigenvalue weighted by molar-refractivity contribution is 5.88. The average Bonchev–Trinajstić information content (AvgIpc) is 3.92. The van der Waals surface area contributed by atoms with E-state index in [1.54, 1.807) is 0 Å². The average molecular weight is 955 g/mol. The summed E-state index contributed by atoms with van der Waals surface area (Å²) < 4.78 is 0. The first kappa shape index (κ1) is 45.6. The molecule has 10 aromatic rings. The second kappa shape index (κ2) is 16.9. The standard InChI is InChI=1S/C72H62N2/c1-69(2)47-72(7,52-23-18-24-55(43-52)73(53-33-29-50(30-34-53)48-19-10-8-11-20-48)56-37-40-61-59-25-14-16-27-63(59)70(3,4)66(61)44-56)65-42-39-58(46-68(65)69)74(54-35-31-51(32-36-54)49-21-12-9-13-22-49)57-38-41-62-60-26-15-17-28-64(60)71(5,6)67(62)45-57/h8-46H,47H2,1-7H3. The summed E-state index contributed by atoms with van der Waals surface area (Å²) in [7, 11) is 0. The summed E-state index contributed by atoms with van der Waals surface area (Å²) in [6, 6.07) is 88.6. The molecule has 0 aromatic heterocycles. The lowest BCUT2D eigenvalue weighted by molar-refractivity contribution is 0.425. The van der Waals surface area contributed by atoms with Gasteiger partial charge in [0, 0.05) is 50.4 Å². The molecule has 0 amide bonds. The van der Waals surface area contributed by atoms with Gasteiger partial charge in [-0.05, 0) is 168 Å². The summed E-state index contributed by atoms with van der Waals surface area (Å²) in [6.45, 7) is 16.9. The van der Waals surface area contributed by atoms with Crippen LogP contribution in [0.1, 0.15) is 93.8 Å². The van der Waals surface area contributed by atoms with Crippen LogP contribution in [0.3, 0.4) is 0 Å². The summed E-state index contributed by atoms with van der Waals surface area (Å²) in [5.74, 6) is 0. The Kier molecular flexibility index (Phi) is 10.4. The molecule has 0 fully saturated rings. The van der Waals surface area contributed by atoms with Gasteiger partial charge in [0.25, 0.3) is 0 Å². The molecule has 3 aliphatic rings. The van der Waals surface area contributed by atoms with Gasteiger partial charge >= 0.3 is 0 Å². The van der Waals surface area contributed by atoms with E-state index in [1.807, 2.05) is 0 Å². The number of hydrogen-bond acceptors (Lipinski definition) is 2. The molecule has 2 heteroatoms. The molecule has 0 spiro atoms. The SMILES string of the molecule is CC1(C)CC(C)(c2cccc(N(c3ccc(-c4ccccc4)cc3)c3ccc4c(c3)C(C)(C)c3ccccc3-4)c2)c2ccc(N(c3ccc(-c4ccccc4)cc3)c3ccc4c(c3)C(C)(C)c3ccccc3-4)cc21. The van der Waals surface area contributed by atoms with Gasteiger partial charge in [-0.15, -0.1) is 0 Å². The second-order valence-electron chi connectivity index (χ2n) is 23.0. The number of rotatable bonds is 9. The molecular weight excluding hydrogens is 893 g/mol. The van der Waals surface area contributed by atoms with Crippen LogP contribution in [0.15, 0.2) is 237 Å². The molecule has 0 radical (unpaired) electrons. The highest BCUT2D eigenvalue weighted by Gasteiger charge is 2.46. The van der Waals surface area contributed by atoms with Crippen LogP contribution in [0, 0.1) is 0 Å². The molecule has 2 nitrogen and oxygen atoms in total. The van der Waals surface area contributed by atoms with Crippen LogP contribution in [0.2, 0.25) is 0 Å². The first-order valence-electron chi connectivity index (χ1n) is 26.5. The van der Waals surface area contributed by atoms with Crippen LogP contribution in [-0.2, 0) is 21.7 Å². The summed E-state index contributed by atoms with van der Waals surface area (Å²) in [4.78, 5) is 4.96. The maximum absolute atomic E-state index is 2.51. The molecule has 0 aliphatic heterocycles. The fourth-order valence-electron chi connectivity index (χ4n) is 13.5. The number of benzene rings is 10. The van der Waals surface area contributed by atoms with E-state index in [0.29, 0.717) is 0 Å². The van der Waals surface area contributed by atoms with Gasteiger partial charge in [0.15, 0.2) is 0 Å². The molecule has 13 rings (SSSR count). The topological polar surface area (TPSA) is 6.48 Å². The van der Waals surface area contributed by atoms with E-state index < -0.39 is 0 Å². The minimum atomic E-state index is -0.247. The van der Waals surface area contributed by atoms with E-state index in [0.717, 1.165) is 29.2 Å². The molecule has 0 bridgehead atoms. The van der Waals surface area contributed by atoms with Crippen LogP contribution in [0.5, 0.6) is 0 Å². The fourth-order valence-corrected chi connectivity index (χ4v) is 13.5. The van der Waals surface area contributed by atoms with Gasteiger partial charge in [-0.2, -0.15) is 0 Å². The zero-order valence-corrected chi connectivity index (χ0v) is 43.6. The minimum Gasteiger partial charge on any atom is -0.310 e. The highest BCUT2D eigenvalue weighted by Crippen LogP contribution is 2.57. The Bertz CT molecular complexity index is 3790. The molecular formula is C72H62N2. The first-order chi connectivity index (χ1) is 35.8. The predicted octanol–water partition coefficient (Wildman–Crippen LogP) is 19.6. The second-order valence-corrected chi connectivity index (χ2v) is 23.0. The fraction of sp³-hybridized carbons (Fsp3) is 0.167. The lowest BCUT2D eigenvalue weighted by atomic mass is 9.75. The van der Waals surface area contributed by atoms with Crippen LogP contribution >= 0.6 is 0 Å². The van der Waals surface area contributed by atoms with E-state index in [4.69, 9.17) is 0 Å². The minimum absolute atomic E-state index is 0.103. The number of anilines is 6. The largest absolute Gasteiger partial charge is 0.310 e. The Morgan fingerprint density at radius 2 is 0.649 bits per heavy atom. The van der Waals surface area contributed by atoms with Crippen LogP contribution in [0.4, 0.5) is 34.1 Å². The zero-order valence-electron chi connectivity index (χ0n) is 43.6. The first-order valence-corrected chi connectivity index (χ1v) is 26.5. The summed E-state index contributed by atoms with van der Waals surface area (Å²) in [5.41, 5.74) is 26.1. The molecule has 360 valence electrons. The van der Waals surface area contributed by atoms with Crippen molar-refractivity contribution in [2.24, 2.45) is 0 Å². The lowest BCUT2D eigenvalue weighted by Gasteiger charge is -2.32. The third-order valence-corrected chi connectivity index (χ3v) is 17.2. The number of hydrogen-bond donors (Lipinski definition) is 0. The van der Waals surface area contributed by atoms with Gasteiger partial charge in [-0.25, -0.2) is 0 Å². The predicted molar refractivity (Wildman–Crippen MR) is 312 cm³/mol. The van der Waals surface area contributed by atoms with Crippen LogP contribution in [0.25, 0.3) is 44.5 Å². The maximum Gasteiger partial charge on any atom is 0.0465 e. The van der Waals surface area contributed by atoms with Gasteiger partial charge in [0.2, 0.25) is 0 Å². The van der Waals surface area contributed by atoms with E-state index in [-0.39, 0.29) is 21.7 Å². The smallest absolute Gasteiger partial charge is 0.0465 e. The van der Waals surface area contributed by atoms with Crippen molar-refractivity contribution < 1.29 is 0 Å². The van der Waals surface area contributed by atoms with Gasteiger partial charge in [0.05, 0.1) is 0 Å². The van der Waals surface area contributed by atoms with Crippen molar-refractivity contribution in [2.75, 3.05) is 9.80 Å². The molecule has 74 heavy (non-hydrogen) atoms. The third kappa shape index (κ3) is 7.21. The third-order valence-electron chi connectivity index (χ3n) is 17.2. The Hall–Kier alpha value is -8.20. The molecule has 0 heterocycles. The van der Waals surface area contributed by atoms with E-state index in [2.05, 4.69) is 295 Å². The summed E-state index contributed by atoms with van der Waals surface area (Å²) in [5, 5.41) is 0. The van der Waals surface area contributed by atoms with Crippen molar-refractivity contribution in [3.05, 3.63) is 276 Å². The van der Waals surface area contributed by atoms with Gasteiger partial charge < -0.3 is 9.80 Å². The quantitative estimate of drug-likeness (QED) is 0.142. The van der Waals surface area contributed by atoms with Crippen LogP contribution < -0.4 is 9.80 Å². The maximum atomic E-state index is 2.51. The van der Waals surface area contributed by atoms with E-state index in [1.165, 1.54) is 94.8 Å². The van der Waals surface area contributed by atoms with Gasteiger partial charge in [0.1, 0.15) is 0 Å². The Morgan fingerprint density at radius 1 is 0.270 bits per heavy atom. The summed E-state index contributed by atoms with van der Waals surface area (Å²) >= 11 is 0. The van der Waals surface area contributed by atoms with Crippen molar-refractivity contribution in [1.29, 1.82) is 0 Å². The molecule has 0 saturated carbocycles. The number of fused-ring (bicyclic) bond motifs is 7. The summed E-state index contributed by atoms with van der Waals surface area (Å²) in [6.07, 6.45) is 0.983. The monoisotopic (exact) mass is 954 g/mol. The van der Waals surface area contributed by atoms with Crippen molar-refractivity contribution >= 4 is 34.1 Å². The van der Waals surface area contributed by atoms with Crippen molar-refractivity contribution in [3.8, 4) is 44.5 Å². The normalized spacial score (nSPS) is 16.9. The highest BCUT2D eigenvalue weighted by atomic mass is 15.1. The molecule has 1 atom stereocenters. The van der Waals surface area contributed by atoms with Crippen molar-refractivity contribution in [1.82, 2.24) is 0 Å². The van der Waals surface area contributed by atoms with Gasteiger partial charge in [-0.3, -0.25) is 0 Å². The Labute approximate surface area is 438 Å². The van der Waals surface area contributed by atoms with E-state index in [9.17, 15) is 0 Å². The van der Waals surface area contributed by atoms with Crippen molar-refractivity contribution in [3.63, 3.8) is 0 Å². The Balaban J connectivity index is 0.915. The lowest BCUT2D eigenvalue weighted by Crippen LogP contribution is -2.24. The number of nitrogens with zero attached hydrogens (tertiary/aromatic N) is 2. The van der Waals surface area contributed by atoms with Crippen LogP contribution in [-0.4, -0.2) is 0 Å². The molecule has 3 aliphatic carbocycles. The molecule has 1 unspecified atom stereocenters. The molecule has 0 saturated heterocycles. The van der Waals surface area contributed by atoms with Gasteiger partial charge in [-0.1, -0.05) is 212 Å². The van der Waals surface area contributed by atoms with E-state index >= 15 is 0 Å². The Morgan fingerprint density at radius 3 is 1.14 bits per heavy atom. The molecule has 10 aromatic carbocycles. The zero-order chi connectivity index (χ0) is 50.6. The molecule has 0 N–H and O–H groups in total. The van der Waals surface area contributed by atoms with Crippen molar-refractivity contribution in [2.45, 2.75) is 76.5 Å².